The van der Waals surface area contributed by atoms with E-state index in [4.69, 9.17) is 14.0 Å². The average molecular weight is 394 g/mol. The van der Waals surface area contributed by atoms with Crippen LogP contribution in [0.5, 0.6) is 17.4 Å². The molecule has 3 heterocycles. The quantitative estimate of drug-likeness (QED) is 0.653. The zero-order valence-corrected chi connectivity index (χ0v) is 16.4. The van der Waals surface area contributed by atoms with E-state index in [1.165, 1.54) is 6.20 Å². The zero-order valence-electron chi connectivity index (χ0n) is 16.4. The lowest BCUT2D eigenvalue weighted by atomic mass is 9.95. The highest BCUT2D eigenvalue weighted by molar-refractivity contribution is 5.91. The van der Waals surface area contributed by atoms with Gasteiger partial charge in [0.25, 0.3) is 5.91 Å². The molecule has 0 radical (unpaired) electrons. The molecule has 0 aliphatic carbocycles. The maximum atomic E-state index is 12.4. The SMILES string of the molecule is COc1ccc(Oc2cc(C)nc(C3CCN(C(=O)c4ccno4)CC3)n2)cc1. The van der Waals surface area contributed by atoms with E-state index in [1.807, 2.05) is 37.3 Å². The first kappa shape index (κ1) is 18.9. The second-order valence-corrected chi connectivity index (χ2v) is 6.93. The normalized spacial score (nSPS) is 14.6. The number of nitrogens with zero attached hydrogens (tertiary/aromatic N) is 4. The van der Waals surface area contributed by atoms with Crippen LogP contribution in [0.25, 0.3) is 0 Å². The summed E-state index contributed by atoms with van der Waals surface area (Å²) in [5, 5.41) is 3.60. The molecule has 1 aromatic carbocycles. The first-order valence-corrected chi connectivity index (χ1v) is 9.50. The Hall–Kier alpha value is -3.42. The van der Waals surface area contributed by atoms with Crippen LogP contribution in [0, 0.1) is 6.92 Å². The lowest BCUT2D eigenvalue weighted by Gasteiger charge is -2.30. The van der Waals surface area contributed by atoms with E-state index in [1.54, 1.807) is 18.1 Å². The molecule has 3 aromatic rings. The van der Waals surface area contributed by atoms with Gasteiger partial charge in [0.15, 0.2) is 0 Å². The molecule has 4 rings (SSSR count). The molecule has 150 valence electrons. The van der Waals surface area contributed by atoms with Crippen molar-refractivity contribution in [3.63, 3.8) is 0 Å². The van der Waals surface area contributed by atoms with Gasteiger partial charge in [-0.1, -0.05) is 5.16 Å². The summed E-state index contributed by atoms with van der Waals surface area (Å²) in [4.78, 5) is 23.4. The summed E-state index contributed by atoms with van der Waals surface area (Å²) in [6, 6.07) is 10.8. The van der Waals surface area contributed by atoms with Gasteiger partial charge in [-0.2, -0.15) is 4.98 Å². The van der Waals surface area contributed by atoms with Crippen molar-refractivity contribution >= 4 is 5.91 Å². The summed E-state index contributed by atoms with van der Waals surface area (Å²) in [7, 11) is 1.63. The van der Waals surface area contributed by atoms with Crippen LogP contribution in [0.4, 0.5) is 0 Å². The fourth-order valence-electron chi connectivity index (χ4n) is 3.38. The summed E-state index contributed by atoms with van der Waals surface area (Å²) in [6.07, 6.45) is 3.04. The molecule has 1 aliphatic rings. The fraction of sp³-hybridized carbons (Fsp3) is 0.333. The van der Waals surface area contributed by atoms with Gasteiger partial charge in [0.1, 0.15) is 17.3 Å². The van der Waals surface area contributed by atoms with Gasteiger partial charge in [-0.15, -0.1) is 0 Å². The third-order valence-electron chi connectivity index (χ3n) is 4.93. The molecule has 1 amide bonds. The molecule has 2 aromatic heterocycles. The second-order valence-electron chi connectivity index (χ2n) is 6.93. The van der Waals surface area contributed by atoms with Crippen LogP contribution in [0.15, 0.2) is 47.1 Å². The summed E-state index contributed by atoms with van der Waals surface area (Å²) in [6.45, 7) is 3.17. The number of piperidine rings is 1. The first-order chi connectivity index (χ1) is 14.1. The van der Waals surface area contributed by atoms with Gasteiger partial charge < -0.3 is 18.9 Å². The minimum absolute atomic E-state index is 0.130. The highest BCUT2D eigenvalue weighted by atomic mass is 16.5. The Labute approximate surface area is 168 Å². The van der Waals surface area contributed by atoms with Crippen LogP contribution in [-0.2, 0) is 0 Å². The number of aryl methyl sites for hydroxylation is 1. The van der Waals surface area contributed by atoms with Crippen LogP contribution >= 0.6 is 0 Å². The maximum absolute atomic E-state index is 12.4. The number of methoxy groups -OCH3 is 1. The standard InChI is InChI=1S/C21H22N4O4/c1-14-13-19(28-17-5-3-16(27-2)4-6-17)24-20(23-14)15-8-11-25(12-9-15)21(26)18-7-10-22-29-18/h3-7,10,13,15H,8-9,11-12H2,1-2H3. The number of carbonyl (C=O) groups is 1. The van der Waals surface area contributed by atoms with Gasteiger partial charge in [0, 0.05) is 36.8 Å². The van der Waals surface area contributed by atoms with Gasteiger partial charge in [-0.25, -0.2) is 4.98 Å². The third-order valence-corrected chi connectivity index (χ3v) is 4.93. The predicted molar refractivity (Wildman–Crippen MR) is 104 cm³/mol. The van der Waals surface area contributed by atoms with Gasteiger partial charge in [-0.05, 0) is 44.0 Å². The van der Waals surface area contributed by atoms with Crippen molar-refractivity contribution in [3.05, 3.63) is 59.9 Å². The Morgan fingerprint density at radius 2 is 1.83 bits per heavy atom. The lowest BCUT2D eigenvalue weighted by Crippen LogP contribution is -2.38. The number of hydrogen-bond donors (Lipinski definition) is 0. The monoisotopic (exact) mass is 394 g/mol. The Morgan fingerprint density at radius 3 is 2.48 bits per heavy atom. The Kier molecular flexibility index (Phi) is 5.41. The lowest BCUT2D eigenvalue weighted by molar-refractivity contribution is 0.0669. The fourth-order valence-corrected chi connectivity index (χ4v) is 3.38. The van der Waals surface area contributed by atoms with E-state index >= 15 is 0 Å². The number of benzene rings is 1. The van der Waals surface area contributed by atoms with Crippen LogP contribution < -0.4 is 9.47 Å². The molecule has 0 N–H and O–H groups in total. The van der Waals surface area contributed by atoms with E-state index < -0.39 is 0 Å². The van der Waals surface area contributed by atoms with Gasteiger partial charge in [0.05, 0.1) is 13.3 Å². The van der Waals surface area contributed by atoms with Gasteiger partial charge in [-0.3, -0.25) is 4.79 Å². The Balaban J connectivity index is 1.43. The number of hydrogen-bond acceptors (Lipinski definition) is 7. The summed E-state index contributed by atoms with van der Waals surface area (Å²) in [5.74, 6) is 3.02. The molecule has 29 heavy (non-hydrogen) atoms. The summed E-state index contributed by atoms with van der Waals surface area (Å²) < 4.78 is 16.0. The molecule has 0 unspecified atom stereocenters. The maximum Gasteiger partial charge on any atom is 0.292 e. The number of amides is 1. The van der Waals surface area contributed by atoms with Crippen molar-refractivity contribution in [1.82, 2.24) is 20.0 Å². The second kappa shape index (κ2) is 8.30. The number of aromatic nitrogens is 3. The Morgan fingerprint density at radius 1 is 1.10 bits per heavy atom. The number of likely N-dealkylation sites (tertiary alicyclic amines) is 1. The highest BCUT2D eigenvalue weighted by Crippen LogP contribution is 2.29. The van der Waals surface area contributed by atoms with Crippen LogP contribution in [0.2, 0.25) is 0 Å². The Bertz CT molecular complexity index is 965. The van der Waals surface area contributed by atoms with Crippen LogP contribution in [0.1, 0.15) is 40.8 Å². The van der Waals surface area contributed by atoms with Crippen molar-refractivity contribution in [2.75, 3.05) is 20.2 Å². The highest BCUT2D eigenvalue weighted by Gasteiger charge is 2.28. The average Bonchev–Trinajstić information content (AvgIpc) is 3.28. The number of rotatable bonds is 5. The number of carbonyl (C=O) groups excluding carboxylic acids is 1. The molecular weight excluding hydrogens is 372 g/mol. The third kappa shape index (κ3) is 4.37. The molecule has 0 bridgehead atoms. The molecule has 0 spiro atoms. The van der Waals surface area contributed by atoms with E-state index in [-0.39, 0.29) is 17.6 Å². The minimum atomic E-state index is -0.130. The van der Waals surface area contributed by atoms with Crippen molar-refractivity contribution in [2.24, 2.45) is 0 Å². The minimum Gasteiger partial charge on any atom is -0.497 e. The van der Waals surface area contributed by atoms with E-state index in [2.05, 4.69) is 15.1 Å². The van der Waals surface area contributed by atoms with E-state index in [9.17, 15) is 4.79 Å². The summed E-state index contributed by atoms with van der Waals surface area (Å²) >= 11 is 0. The molecular formula is C21H22N4O4. The molecule has 8 nitrogen and oxygen atoms in total. The molecule has 1 saturated heterocycles. The van der Waals surface area contributed by atoms with Crippen molar-refractivity contribution < 1.29 is 18.8 Å². The van der Waals surface area contributed by atoms with Gasteiger partial charge in [0.2, 0.25) is 11.6 Å². The number of ether oxygens (including phenoxy) is 2. The largest absolute Gasteiger partial charge is 0.497 e. The van der Waals surface area contributed by atoms with Crippen LogP contribution in [-0.4, -0.2) is 46.1 Å². The topological polar surface area (TPSA) is 90.6 Å². The van der Waals surface area contributed by atoms with E-state index in [0.29, 0.717) is 24.7 Å². The first-order valence-electron chi connectivity index (χ1n) is 9.50. The van der Waals surface area contributed by atoms with Crippen LogP contribution in [0.3, 0.4) is 0 Å². The molecule has 0 saturated carbocycles. The molecule has 1 fully saturated rings. The molecule has 0 atom stereocenters. The molecule has 8 heteroatoms. The molecule has 1 aliphatic heterocycles. The summed E-state index contributed by atoms with van der Waals surface area (Å²) in [5.41, 5.74) is 0.846. The van der Waals surface area contributed by atoms with E-state index in [0.717, 1.165) is 30.1 Å². The predicted octanol–water partition coefficient (Wildman–Crippen LogP) is 3.59. The van der Waals surface area contributed by atoms with Crippen molar-refractivity contribution in [1.29, 1.82) is 0 Å². The van der Waals surface area contributed by atoms with Crippen molar-refractivity contribution in [3.8, 4) is 17.4 Å². The smallest absolute Gasteiger partial charge is 0.292 e. The van der Waals surface area contributed by atoms with Gasteiger partial charge >= 0.3 is 0 Å². The zero-order chi connectivity index (χ0) is 20.2. The van der Waals surface area contributed by atoms with Crippen molar-refractivity contribution in [2.45, 2.75) is 25.7 Å².